The van der Waals surface area contributed by atoms with Crippen molar-refractivity contribution >= 4 is 27.3 Å². The zero-order chi connectivity index (χ0) is 22.0. The Hall–Kier alpha value is -2.62. The molecular weight excluding hydrogens is 432 g/mol. The number of amides is 1. The van der Waals surface area contributed by atoms with Gasteiger partial charge in [-0.25, -0.2) is 13.4 Å². The lowest BCUT2D eigenvalue weighted by atomic mass is 10.2. The van der Waals surface area contributed by atoms with Crippen LogP contribution in [0.25, 0.3) is 10.6 Å². The molecule has 0 saturated carbocycles. The lowest BCUT2D eigenvalue weighted by molar-refractivity contribution is -0.131. The number of carbonyl (C=O) groups is 1. The van der Waals surface area contributed by atoms with E-state index in [0.29, 0.717) is 31.1 Å². The minimum Gasteiger partial charge on any atom is -0.340 e. The Labute approximate surface area is 186 Å². The summed E-state index contributed by atoms with van der Waals surface area (Å²) in [6.07, 6.45) is 3.67. The third-order valence-electron chi connectivity index (χ3n) is 5.33. The summed E-state index contributed by atoms with van der Waals surface area (Å²) in [4.78, 5) is 23.4. The molecule has 1 aromatic carbocycles. The van der Waals surface area contributed by atoms with Gasteiger partial charge in [0.2, 0.25) is 15.9 Å². The number of aryl methyl sites for hydroxylation is 2. The smallest absolute Gasteiger partial charge is 0.243 e. The Morgan fingerprint density at radius 2 is 1.90 bits per heavy atom. The molecule has 2 aromatic heterocycles. The average molecular weight is 457 g/mol. The van der Waals surface area contributed by atoms with E-state index in [1.54, 1.807) is 23.4 Å². The van der Waals surface area contributed by atoms with Crippen LogP contribution in [0.3, 0.4) is 0 Å². The number of carbonyl (C=O) groups excluding carboxylic acids is 1. The van der Waals surface area contributed by atoms with Crippen LogP contribution in [0, 0.1) is 13.8 Å². The van der Waals surface area contributed by atoms with Crippen molar-refractivity contribution in [2.45, 2.75) is 25.2 Å². The molecule has 0 unspecified atom stereocenters. The summed E-state index contributed by atoms with van der Waals surface area (Å²) in [5.41, 5.74) is 3.42. The van der Waals surface area contributed by atoms with Crippen molar-refractivity contribution in [3.8, 4) is 10.6 Å². The van der Waals surface area contributed by atoms with Crippen LogP contribution in [-0.4, -0.2) is 59.7 Å². The first-order valence-corrected chi connectivity index (χ1v) is 12.4. The number of nitrogens with zero attached hydrogens (tertiary/aromatic N) is 4. The maximum absolute atomic E-state index is 13.0. The van der Waals surface area contributed by atoms with Crippen molar-refractivity contribution in [1.29, 1.82) is 0 Å². The normalized spacial score (nSPS) is 15.2. The van der Waals surface area contributed by atoms with Gasteiger partial charge in [0.15, 0.2) is 0 Å². The molecule has 7 nitrogen and oxygen atoms in total. The van der Waals surface area contributed by atoms with E-state index in [-0.39, 0.29) is 12.3 Å². The van der Waals surface area contributed by atoms with Gasteiger partial charge in [0.1, 0.15) is 5.01 Å². The van der Waals surface area contributed by atoms with Crippen LogP contribution in [0.2, 0.25) is 0 Å². The van der Waals surface area contributed by atoms with Gasteiger partial charge >= 0.3 is 0 Å². The standard InChI is InChI=1S/C22H24N4O3S2/c1-16-5-6-20(17(2)12-16)31(28,29)26-10-8-25(9-11-26)21(27)13-19-15-30-22(24-19)18-4-3-7-23-14-18/h3-7,12,14-15H,8-11,13H2,1-2H3. The number of hydrogen-bond donors (Lipinski definition) is 0. The molecule has 1 aliphatic rings. The second kappa shape index (κ2) is 8.86. The van der Waals surface area contributed by atoms with Crippen LogP contribution in [0.15, 0.2) is 53.0 Å². The number of pyridine rings is 1. The van der Waals surface area contributed by atoms with Crippen molar-refractivity contribution < 1.29 is 13.2 Å². The number of benzene rings is 1. The second-order valence-corrected chi connectivity index (χ2v) is 10.4. The highest BCUT2D eigenvalue weighted by Gasteiger charge is 2.31. The quantitative estimate of drug-likeness (QED) is 0.590. The monoisotopic (exact) mass is 456 g/mol. The van der Waals surface area contributed by atoms with Crippen molar-refractivity contribution in [3.63, 3.8) is 0 Å². The van der Waals surface area contributed by atoms with Crippen molar-refractivity contribution in [3.05, 3.63) is 64.9 Å². The van der Waals surface area contributed by atoms with E-state index in [0.717, 1.165) is 27.4 Å². The highest BCUT2D eigenvalue weighted by molar-refractivity contribution is 7.89. The molecule has 9 heteroatoms. The van der Waals surface area contributed by atoms with E-state index >= 15 is 0 Å². The third-order valence-corrected chi connectivity index (χ3v) is 8.33. The molecule has 4 rings (SSSR count). The first kappa shape index (κ1) is 21.6. The molecule has 1 amide bonds. The Bertz CT molecular complexity index is 1180. The molecule has 0 aliphatic carbocycles. The van der Waals surface area contributed by atoms with Gasteiger partial charge in [-0.3, -0.25) is 9.78 Å². The summed E-state index contributed by atoms with van der Waals surface area (Å²) in [5, 5.41) is 2.72. The third kappa shape index (κ3) is 4.68. The first-order valence-electron chi connectivity index (χ1n) is 10.0. The molecule has 0 N–H and O–H groups in total. The molecular formula is C22H24N4O3S2. The fraction of sp³-hybridized carbons (Fsp3) is 0.318. The van der Waals surface area contributed by atoms with Gasteiger partial charge in [-0.05, 0) is 37.6 Å². The molecule has 3 heterocycles. The molecule has 0 radical (unpaired) electrons. The van der Waals surface area contributed by atoms with Crippen LogP contribution in [0.5, 0.6) is 0 Å². The molecule has 1 fully saturated rings. The van der Waals surface area contributed by atoms with Gasteiger partial charge in [-0.15, -0.1) is 11.3 Å². The predicted molar refractivity (Wildman–Crippen MR) is 120 cm³/mol. The Morgan fingerprint density at radius 1 is 1.13 bits per heavy atom. The fourth-order valence-corrected chi connectivity index (χ4v) is 6.12. The van der Waals surface area contributed by atoms with Gasteiger partial charge in [0, 0.05) is 49.5 Å². The number of piperazine rings is 1. The van der Waals surface area contributed by atoms with E-state index in [4.69, 9.17) is 0 Å². The minimum absolute atomic E-state index is 0.0356. The van der Waals surface area contributed by atoms with Crippen molar-refractivity contribution in [2.75, 3.05) is 26.2 Å². The molecule has 0 bridgehead atoms. The maximum atomic E-state index is 13.0. The van der Waals surface area contributed by atoms with Crippen molar-refractivity contribution in [1.82, 2.24) is 19.2 Å². The summed E-state index contributed by atoms with van der Waals surface area (Å²) >= 11 is 1.49. The Morgan fingerprint density at radius 3 is 2.58 bits per heavy atom. The van der Waals surface area contributed by atoms with Gasteiger partial charge < -0.3 is 4.90 Å². The lowest BCUT2D eigenvalue weighted by Crippen LogP contribution is -2.51. The number of thiazole rings is 1. The predicted octanol–water partition coefficient (Wildman–Crippen LogP) is 2.90. The first-order chi connectivity index (χ1) is 14.8. The van der Waals surface area contributed by atoms with Crippen LogP contribution in [-0.2, 0) is 21.2 Å². The number of hydrogen-bond acceptors (Lipinski definition) is 6. The van der Waals surface area contributed by atoms with Crippen LogP contribution < -0.4 is 0 Å². The molecule has 1 aliphatic heterocycles. The van der Waals surface area contributed by atoms with Crippen LogP contribution in [0.1, 0.15) is 16.8 Å². The average Bonchev–Trinajstić information content (AvgIpc) is 3.22. The van der Waals surface area contributed by atoms with Gasteiger partial charge in [0.25, 0.3) is 0 Å². The van der Waals surface area contributed by atoms with E-state index in [1.807, 2.05) is 43.5 Å². The summed E-state index contributed by atoms with van der Waals surface area (Å²) in [7, 11) is -3.57. The summed E-state index contributed by atoms with van der Waals surface area (Å²) in [5.74, 6) is -0.0356. The second-order valence-electron chi connectivity index (χ2n) is 7.62. The SMILES string of the molecule is Cc1ccc(S(=O)(=O)N2CCN(C(=O)Cc3csc(-c4cccnc4)n3)CC2)c(C)c1. The van der Waals surface area contributed by atoms with E-state index < -0.39 is 10.0 Å². The number of rotatable bonds is 5. The van der Waals surface area contributed by atoms with Gasteiger partial charge in [-0.2, -0.15) is 4.31 Å². The molecule has 31 heavy (non-hydrogen) atoms. The molecule has 162 valence electrons. The minimum atomic E-state index is -3.57. The van der Waals surface area contributed by atoms with Crippen LogP contribution in [0.4, 0.5) is 0 Å². The van der Waals surface area contributed by atoms with E-state index in [1.165, 1.54) is 15.6 Å². The molecule has 3 aromatic rings. The Kier molecular flexibility index (Phi) is 6.17. The van der Waals surface area contributed by atoms with Gasteiger partial charge in [0.05, 0.1) is 17.0 Å². The topological polar surface area (TPSA) is 83.5 Å². The summed E-state index contributed by atoms with van der Waals surface area (Å²) < 4.78 is 27.5. The zero-order valence-corrected chi connectivity index (χ0v) is 19.1. The summed E-state index contributed by atoms with van der Waals surface area (Å²) in [6, 6.07) is 9.15. The van der Waals surface area contributed by atoms with E-state index in [9.17, 15) is 13.2 Å². The van der Waals surface area contributed by atoms with Crippen LogP contribution >= 0.6 is 11.3 Å². The maximum Gasteiger partial charge on any atom is 0.243 e. The Balaban J connectivity index is 1.37. The lowest BCUT2D eigenvalue weighted by Gasteiger charge is -2.34. The molecule has 0 atom stereocenters. The van der Waals surface area contributed by atoms with E-state index in [2.05, 4.69) is 9.97 Å². The highest BCUT2D eigenvalue weighted by Crippen LogP contribution is 2.24. The van der Waals surface area contributed by atoms with Gasteiger partial charge in [-0.1, -0.05) is 17.7 Å². The largest absolute Gasteiger partial charge is 0.340 e. The highest BCUT2D eigenvalue weighted by atomic mass is 32.2. The number of sulfonamides is 1. The van der Waals surface area contributed by atoms with Crippen molar-refractivity contribution in [2.24, 2.45) is 0 Å². The zero-order valence-electron chi connectivity index (χ0n) is 17.5. The fourth-order valence-electron chi connectivity index (χ4n) is 3.68. The molecule has 0 spiro atoms. The summed E-state index contributed by atoms with van der Waals surface area (Å²) in [6.45, 7) is 5.09. The number of aromatic nitrogens is 2. The molecule has 1 saturated heterocycles.